The fourth-order valence-electron chi connectivity index (χ4n) is 7.91. The van der Waals surface area contributed by atoms with Crippen molar-refractivity contribution in [2.75, 3.05) is 23.8 Å². The minimum absolute atomic E-state index is 0.117. The quantitative estimate of drug-likeness (QED) is 0.149. The Kier molecular flexibility index (Phi) is 7.65. The topological polar surface area (TPSA) is 55.8 Å². The van der Waals surface area contributed by atoms with Crippen LogP contribution < -0.4 is 14.4 Å². The molecule has 2 heterocycles. The summed E-state index contributed by atoms with van der Waals surface area (Å²) in [7, 11) is -3.41. The van der Waals surface area contributed by atoms with Gasteiger partial charge in [0.2, 0.25) is 5.72 Å². The van der Waals surface area contributed by atoms with Gasteiger partial charge in [0.15, 0.2) is 9.84 Å². The highest BCUT2D eigenvalue weighted by atomic mass is 35.5. The number of hydrogen-bond acceptors (Lipinski definition) is 5. The molecule has 2 aliphatic rings. The van der Waals surface area contributed by atoms with Crippen LogP contribution in [0.5, 0.6) is 11.5 Å². The first-order chi connectivity index (χ1) is 23.7. The number of anilines is 1. The van der Waals surface area contributed by atoms with Crippen molar-refractivity contribution in [2.45, 2.75) is 49.6 Å². The molecule has 0 amide bonds. The highest BCUT2D eigenvalue weighted by Crippen LogP contribution is 2.59. The molecule has 8 rings (SSSR count). The van der Waals surface area contributed by atoms with Gasteiger partial charge in [-0.15, -0.1) is 0 Å². The van der Waals surface area contributed by atoms with Gasteiger partial charge in [0.05, 0.1) is 33.3 Å². The van der Waals surface area contributed by atoms with E-state index in [1.54, 1.807) is 12.1 Å². The molecule has 0 aromatic heterocycles. The number of unbranched alkanes of at least 4 members (excludes halogenated alkanes) is 1. The second-order valence-corrected chi connectivity index (χ2v) is 16.1. The minimum Gasteiger partial charge on any atom is -0.492 e. The normalized spacial score (nSPS) is 17.8. The Balaban J connectivity index is 1.30. The summed E-state index contributed by atoms with van der Waals surface area (Å²) < 4.78 is 39.8. The Hall–Kier alpha value is -4.52. The predicted octanol–water partition coefficient (Wildman–Crippen LogP) is 10.4. The molecule has 6 aromatic carbocycles. The third-order valence-electron chi connectivity index (χ3n) is 10.4. The standard InChI is InChI=1S/C42H38ClNO4S/c1-4-5-25-49(45,46)29-19-20-32-33-21-22-42(48-38(33)27-37(43)36(32)26-29)41(2,3)39-34-17-11-9-15-30(34)31-16-10-12-18-35(31)40(39)44(42)23-24-47-28-13-7-6-8-14-28/h6-22,26-27H,4-5,23-25H2,1-3H3. The van der Waals surface area contributed by atoms with Gasteiger partial charge in [-0.25, -0.2) is 8.42 Å². The summed E-state index contributed by atoms with van der Waals surface area (Å²) in [6.07, 6.45) is 5.74. The molecule has 0 saturated carbocycles. The molecule has 49 heavy (non-hydrogen) atoms. The first kappa shape index (κ1) is 31.7. The summed E-state index contributed by atoms with van der Waals surface area (Å²) in [6.45, 7) is 7.52. The van der Waals surface area contributed by atoms with Gasteiger partial charge in [0, 0.05) is 22.4 Å². The van der Waals surface area contributed by atoms with Crippen LogP contribution in [-0.2, 0) is 15.3 Å². The van der Waals surface area contributed by atoms with Crippen LogP contribution in [-0.4, -0.2) is 33.0 Å². The van der Waals surface area contributed by atoms with E-state index in [1.165, 1.54) is 21.7 Å². The second kappa shape index (κ2) is 11.8. The lowest BCUT2D eigenvalue weighted by atomic mass is 9.74. The molecule has 6 aromatic rings. The van der Waals surface area contributed by atoms with Gasteiger partial charge in [-0.3, -0.25) is 0 Å². The molecular formula is C42H38ClNO4S. The van der Waals surface area contributed by atoms with Crippen LogP contribution >= 0.6 is 11.6 Å². The molecule has 5 nitrogen and oxygen atoms in total. The smallest absolute Gasteiger partial charge is 0.212 e. The van der Waals surface area contributed by atoms with Crippen LogP contribution in [0.2, 0.25) is 5.02 Å². The van der Waals surface area contributed by atoms with Crippen LogP contribution in [0.4, 0.5) is 5.69 Å². The fraction of sp³-hybridized carbons (Fsp3) is 0.238. The van der Waals surface area contributed by atoms with Gasteiger partial charge in [-0.05, 0) is 83.8 Å². The Morgan fingerprint density at radius 3 is 2.20 bits per heavy atom. The van der Waals surface area contributed by atoms with Crippen molar-refractivity contribution in [1.29, 1.82) is 0 Å². The number of para-hydroxylation sites is 1. The van der Waals surface area contributed by atoms with E-state index >= 15 is 0 Å². The van der Waals surface area contributed by atoms with E-state index in [9.17, 15) is 8.42 Å². The van der Waals surface area contributed by atoms with Crippen LogP contribution in [0.3, 0.4) is 0 Å². The van der Waals surface area contributed by atoms with Gasteiger partial charge in [-0.2, -0.15) is 0 Å². The maximum atomic E-state index is 13.1. The van der Waals surface area contributed by atoms with Crippen molar-refractivity contribution in [3.63, 3.8) is 0 Å². The number of benzene rings is 6. The van der Waals surface area contributed by atoms with Crippen LogP contribution in [0.15, 0.2) is 114 Å². The molecule has 0 N–H and O–H groups in total. The number of rotatable bonds is 8. The van der Waals surface area contributed by atoms with Crippen molar-refractivity contribution in [3.8, 4) is 11.5 Å². The zero-order valence-electron chi connectivity index (χ0n) is 27.9. The van der Waals surface area contributed by atoms with Gasteiger partial charge < -0.3 is 14.4 Å². The molecule has 0 fully saturated rings. The summed E-state index contributed by atoms with van der Waals surface area (Å²) >= 11 is 6.99. The summed E-state index contributed by atoms with van der Waals surface area (Å²) in [4.78, 5) is 2.67. The number of ether oxygens (including phenoxy) is 2. The van der Waals surface area contributed by atoms with E-state index < -0.39 is 21.0 Å². The monoisotopic (exact) mass is 687 g/mol. The first-order valence-corrected chi connectivity index (χ1v) is 19.0. The van der Waals surface area contributed by atoms with E-state index in [-0.39, 0.29) is 5.75 Å². The molecule has 0 saturated heterocycles. The van der Waals surface area contributed by atoms with Crippen molar-refractivity contribution >= 4 is 65.5 Å². The zero-order valence-corrected chi connectivity index (χ0v) is 29.4. The maximum Gasteiger partial charge on any atom is 0.212 e. The SMILES string of the molecule is CCCCS(=O)(=O)c1ccc2c3c(cc(Cl)c2c1)OC1(C=C3)N(CCOc2ccccc2)c2c(c3ccccc3c3ccccc23)C1(C)C. The lowest BCUT2D eigenvalue weighted by Crippen LogP contribution is -2.60. The third kappa shape index (κ3) is 4.91. The summed E-state index contributed by atoms with van der Waals surface area (Å²) in [5, 5.41) is 6.77. The minimum atomic E-state index is -3.41. The first-order valence-electron chi connectivity index (χ1n) is 16.9. The molecule has 0 radical (unpaired) electrons. The average molecular weight is 688 g/mol. The Bertz CT molecular complexity index is 2400. The molecule has 0 aliphatic carbocycles. The van der Waals surface area contributed by atoms with E-state index in [1.807, 2.05) is 49.4 Å². The number of nitrogens with zero attached hydrogens (tertiary/aromatic N) is 1. The molecule has 0 bridgehead atoms. The molecule has 1 unspecified atom stereocenters. The molecular weight excluding hydrogens is 650 g/mol. The zero-order chi connectivity index (χ0) is 34.0. The lowest BCUT2D eigenvalue weighted by molar-refractivity contribution is 0.0519. The van der Waals surface area contributed by atoms with Crippen molar-refractivity contribution < 1.29 is 17.9 Å². The Labute approximate surface area is 292 Å². The highest BCUT2D eigenvalue weighted by Gasteiger charge is 2.60. The number of sulfone groups is 1. The Morgan fingerprint density at radius 2 is 1.47 bits per heavy atom. The van der Waals surface area contributed by atoms with Crippen molar-refractivity contribution in [2.24, 2.45) is 0 Å². The van der Waals surface area contributed by atoms with E-state index in [0.29, 0.717) is 40.6 Å². The van der Waals surface area contributed by atoms with E-state index in [0.717, 1.165) is 34.2 Å². The van der Waals surface area contributed by atoms with Crippen molar-refractivity contribution in [1.82, 2.24) is 0 Å². The molecule has 1 atom stereocenters. The number of hydrogen-bond donors (Lipinski definition) is 0. The molecule has 248 valence electrons. The van der Waals surface area contributed by atoms with Gasteiger partial charge in [-0.1, -0.05) is 97.7 Å². The third-order valence-corrected chi connectivity index (χ3v) is 12.5. The van der Waals surface area contributed by atoms with Crippen LogP contribution in [0.25, 0.3) is 38.4 Å². The maximum absolute atomic E-state index is 13.1. The molecule has 1 spiro atoms. The van der Waals surface area contributed by atoms with Gasteiger partial charge in [0.1, 0.15) is 18.1 Å². The Morgan fingerprint density at radius 1 is 0.796 bits per heavy atom. The number of fused-ring (bicyclic) bond motifs is 9. The van der Waals surface area contributed by atoms with E-state index in [2.05, 4.69) is 79.4 Å². The van der Waals surface area contributed by atoms with Crippen LogP contribution in [0.1, 0.15) is 44.7 Å². The van der Waals surface area contributed by atoms with Gasteiger partial charge in [0.25, 0.3) is 0 Å². The van der Waals surface area contributed by atoms with Gasteiger partial charge >= 0.3 is 0 Å². The largest absolute Gasteiger partial charge is 0.492 e. The fourth-order valence-corrected chi connectivity index (χ4v) is 9.64. The molecule has 2 aliphatic heterocycles. The summed E-state index contributed by atoms with van der Waals surface area (Å²) in [5.74, 6) is 1.59. The molecule has 7 heteroatoms. The number of halogens is 1. The average Bonchev–Trinajstić information content (AvgIpc) is 3.30. The summed E-state index contributed by atoms with van der Waals surface area (Å²) in [6, 6.07) is 34.2. The lowest BCUT2D eigenvalue weighted by Gasteiger charge is -2.47. The predicted molar refractivity (Wildman–Crippen MR) is 202 cm³/mol. The second-order valence-electron chi connectivity index (χ2n) is 13.5. The van der Waals surface area contributed by atoms with Crippen LogP contribution in [0, 0.1) is 0 Å². The van der Waals surface area contributed by atoms with Crippen molar-refractivity contribution in [3.05, 3.63) is 125 Å². The van der Waals surface area contributed by atoms with E-state index in [4.69, 9.17) is 21.1 Å². The summed E-state index contributed by atoms with van der Waals surface area (Å²) in [5.41, 5.74) is 1.80. The highest BCUT2D eigenvalue weighted by molar-refractivity contribution is 7.91.